The number of pyridine rings is 1. The Labute approximate surface area is 389 Å². The molecule has 6 heteroatoms. The van der Waals surface area contributed by atoms with Crippen molar-refractivity contribution in [1.82, 2.24) is 9.55 Å². The number of nitrogens with zero attached hydrogens (tertiary/aromatic N) is 4. The van der Waals surface area contributed by atoms with Crippen LogP contribution in [0.4, 0.5) is 22.7 Å². The fourth-order valence-electron chi connectivity index (χ4n) is 8.77. The maximum absolute atomic E-state index is 6.86. The molecule has 0 bridgehead atoms. The molecule has 0 radical (unpaired) electrons. The maximum Gasteiger partial charge on any atom is 0.136 e. The summed E-state index contributed by atoms with van der Waals surface area (Å²) in [5, 5.41) is 2.20. The van der Waals surface area contributed by atoms with Gasteiger partial charge in [-0.15, -0.1) is 53.6 Å². The first-order chi connectivity index (χ1) is 30.9. The third-order valence-corrected chi connectivity index (χ3v) is 11.9. The molecule has 0 amide bonds. The third kappa shape index (κ3) is 7.46. The van der Waals surface area contributed by atoms with Crippen molar-refractivity contribution in [2.24, 2.45) is 0 Å². The number of benzene rings is 8. The van der Waals surface area contributed by atoms with Crippen LogP contribution in [0.15, 0.2) is 200 Å². The van der Waals surface area contributed by atoms with Crippen molar-refractivity contribution in [1.29, 1.82) is 0 Å². The molecule has 0 saturated heterocycles. The van der Waals surface area contributed by atoms with Crippen molar-refractivity contribution in [2.75, 3.05) is 9.80 Å². The number of rotatable bonds is 8. The zero-order valence-corrected chi connectivity index (χ0v) is 37.9. The summed E-state index contributed by atoms with van der Waals surface area (Å²) in [6, 6.07) is 75.4. The number of ether oxygens (including phenoxy) is 1. The standard InChI is InChI=1S/C58H43N4O.Pt/c1-58(2,3)44-35-45(60-39-61(54-29-16-15-28-53(54)60)57-48(41-20-9-5-10-21-41)25-17-26-49(57)42-22-11-6-12-23-42)37-47(36-44)63-46-30-31-51-50-24-13-14-27-52(50)62(55(51)38-46)56-34-43(32-33-59-56)40-18-7-4-8-19-40;/h4-36,39H,1-3H3;/q-3;. The van der Waals surface area contributed by atoms with Gasteiger partial charge in [-0.1, -0.05) is 166 Å². The average Bonchev–Trinajstić information content (AvgIpc) is 3.88. The number of fused-ring (bicyclic) bond motifs is 4. The van der Waals surface area contributed by atoms with Gasteiger partial charge >= 0.3 is 0 Å². The molecule has 0 N–H and O–H groups in total. The third-order valence-electron chi connectivity index (χ3n) is 11.9. The maximum atomic E-state index is 6.86. The van der Waals surface area contributed by atoms with Gasteiger partial charge in [-0.3, -0.25) is 0 Å². The van der Waals surface area contributed by atoms with Crippen LogP contribution in [0.5, 0.6) is 11.5 Å². The van der Waals surface area contributed by atoms with Crippen LogP contribution in [0.3, 0.4) is 0 Å². The van der Waals surface area contributed by atoms with Crippen molar-refractivity contribution in [3.63, 3.8) is 0 Å². The topological polar surface area (TPSA) is 33.5 Å². The van der Waals surface area contributed by atoms with Gasteiger partial charge in [0.25, 0.3) is 0 Å². The van der Waals surface area contributed by atoms with Gasteiger partial charge in [-0.25, -0.2) is 4.98 Å². The fourth-order valence-corrected chi connectivity index (χ4v) is 8.77. The Balaban J connectivity index is 0.00000484. The molecule has 11 rings (SSSR count). The van der Waals surface area contributed by atoms with Crippen LogP contribution in [-0.2, 0) is 26.5 Å². The summed E-state index contributed by atoms with van der Waals surface area (Å²) >= 11 is 0. The van der Waals surface area contributed by atoms with Crippen LogP contribution in [0.2, 0.25) is 0 Å². The molecule has 0 aliphatic carbocycles. The molecule has 314 valence electrons. The van der Waals surface area contributed by atoms with E-state index in [2.05, 4.69) is 236 Å². The van der Waals surface area contributed by atoms with Crippen LogP contribution in [0, 0.1) is 18.8 Å². The molecule has 64 heavy (non-hydrogen) atoms. The Bertz CT molecular complexity index is 3230. The summed E-state index contributed by atoms with van der Waals surface area (Å²) in [5.74, 6) is 2.02. The van der Waals surface area contributed by atoms with Gasteiger partial charge in [0.05, 0.1) is 0 Å². The largest absolute Gasteiger partial charge is 0.509 e. The van der Waals surface area contributed by atoms with Gasteiger partial charge in [0, 0.05) is 72.5 Å². The molecule has 0 fully saturated rings. The Morgan fingerprint density at radius 1 is 0.516 bits per heavy atom. The van der Waals surface area contributed by atoms with E-state index in [1.54, 1.807) is 0 Å². The van der Waals surface area contributed by atoms with E-state index in [0.29, 0.717) is 11.5 Å². The number of hydrogen-bond acceptors (Lipinski definition) is 4. The minimum absolute atomic E-state index is 0. The first-order valence-corrected chi connectivity index (χ1v) is 21.4. The van der Waals surface area contributed by atoms with E-state index in [0.717, 1.165) is 89.3 Å². The zero-order valence-electron chi connectivity index (χ0n) is 35.6. The predicted molar refractivity (Wildman–Crippen MR) is 259 cm³/mol. The number of hydrogen-bond donors (Lipinski definition) is 0. The molecule has 1 aliphatic rings. The van der Waals surface area contributed by atoms with E-state index >= 15 is 0 Å². The first kappa shape index (κ1) is 40.8. The molecule has 0 atom stereocenters. The molecular weight excluding hydrogens is 964 g/mol. The van der Waals surface area contributed by atoms with E-state index in [-0.39, 0.29) is 26.5 Å². The van der Waals surface area contributed by atoms with Gasteiger partial charge in [0.2, 0.25) is 0 Å². The minimum Gasteiger partial charge on any atom is -0.509 e. The SMILES string of the molecule is CC(C)(C)c1cc(Oc2[c-]c3c(cc2)c2ccccc2n3-c2cc(-c3ccccc3)ccn2)[c-]c(N2[CH-]N(c3c(-c4ccccc4)cccc3-c3ccccc3)c3ccccc32)c1.[Pt]. The molecule has 8 aromatic carbocycles. The zero-order chi connectivity index (χ0) is 42.5. The van der Waals surface area contributed by atoms with Crippen molar-refractivity contribution < 1.29 is 25.8 Å². The number of para-hydroxylation sites is 4. The van der Waals surface area contributed by atoms with Crippen LogP contribution in [-0.4, -0.2) is 9.55 Å². The van der Waals surface area contributed by atoms with Gasteiger partial charge < -0.3 is 19.1 Å². The monoisotopic (exact) mass is 1010 g/mol. The summed E-state index contributed by atoms with van der Waals surface area (Å²) in [7, 11) is 0. The Hall–Kier alpha value is -7.20. The second-order valence-corrected chi connectivity index (χ2v) is 17.0. The van der Waals surface area contributed by atoms with E-state index < -0.39 is 0 Å². The quantitative estimate of drug-likeness (QED) is 0.142. The van der Waals surface area contributed by atoms with Crippen LogP contribution in [0.25, 0.3) is 61.0 Å². The summed E-state index contributed by atoms with van der Waals surface area (Å²) in [6.45, 7) is 8.91. The van der Waals surface area contributed by atoms with Gasteiger partial charge in [-0.05, 0) is 63.4 Å². The fraction of sp³-hybridized carbons (Fsp3) is 0.0690. The molecule has 0 unspecified atom stereocenters. The molecule has 0 saturated carbocycles. The summed E-state index contributed by atoms with van der Waals surface area (Å²) in [4.78, 5) is 9.46. The smallest absolute Gasteiger partial charge is 0.136 e. The van der Waals surface area contributed by atoms with Crippen LogP contribution in [0.1, 0.15) is 26.3 Å². The van der Waals surface area contributed by atoms with Crippen molar-refractivity contribution in [2.45, 2.75) is 26.2 Å². The second kappa shape index (κ2) is 16.8. The van der Waals surface area contributed by atoms with Crippen molar-refractivity contribution >= 4 is 44.6 Å². The molecular formula is C58H43N4OPt-3. The Morgan fingerprint density at radius 3 is 1.80 bits per heavy atom. The summed E-state index contributed by atoms with van der Waals surface area (Å²) < 4.78 is 9.04. The Morgan fingerprint density at radius 2 is 1.12 bits per heavy atom. The summed E-state index contributed by atoms with van der Waals surface area (Å²) in [6.07, 6.45) is 1.88. The number of aromatic nitrogens is 2. The second-order valence-electron chi connectivity index (χ2n) is 17.0. The van der Waals surface area contributed by atoms with E-state index in [1.165, 1.54) is 0 Å². The predicted octanol–water partition coefficient (Wildman–Crippen LogP) is 15.3. The van der Waals surface area contributed by atoms with Crippen molar-refractivity contribution in [3.8, 4) is 50.7 Å². The van der Waals surface area contributed by atoms with Gasteiger partial charge in [0.15, 0.2) is 0 Å². The van der Waals surface area contributed by atoms with E-state index in [9.17, 15) is 0 Å². The number of anilines is 4. The Kier molecular flexibility index (Phi) is 10.7. The molecule has 3 heterocycles. The average molecular weight is 1010 g/mol. The van der Waals surface area contributed by atoms with Crippen LogP contribution >= 0.6 is 0 Å². The minimum atomic E-state index is -0.184. The molecule has 1 aliphatic heterocycles. The molecule has 10 aromatic rings. The first-order valence-electron chi connectivity index (χ1n) is 21.4. The summed E-state index contributed by atoms with van der Waals surface area (Å²) in [5.41, 5.74) is 13.8. The van der Waals surface area contributed by atoms with E-state index in [1.807, 2.05) is 18.3 Å². The van der Waals surface area contributed by atoms with Gasteiger partial charge in [0.1, 0.15) is 5.82 Å². The van der Waals surface area contributed by atoms with Crippen LogP contribution < -0.4 is 14.5 Å². The molecule has 5 nitrogen and oxygen atoms in total. The normalized spacial score (nSPS) is 12.4. The van der Waals surface area contributed by atoms with Crippen molar-refractivity contribution in [3.05, 3.63) is 225 Å². The van der Waals surface area contributed by atoms with E-state index in [4.69, 9.17) is 9.72 Å². The molecule has 2 aromatic heterocycles. The van der Waals surface area contributed by atoms with Gasteiger partial charge in [-0.2, -0.15) is 6.07 Å². The molecule has 0 spiro atoms.